The van der Waals surface area contributed by atoms with Crippen LogP contribution in [0, 0.1) is 0 Å². The Balaban J connectivity index is 1.46. The van der Waals surface area contributed by atoms with Gasteiger partial charge in [-0.15, -0.1) is 0 Å². The molecule has 0 aliphatic carbocycles. The van der Waals surface area contributed by atoms with Crippen LogP contribution in [0.1, 0.15) is 16.2 Å². The van der Waals surface area contributed by atoms with Crippen LogP contribution in [0.4, 0.5) is 0 Å². The summed E-state index contributed by atoms with van der Waals surface area (Å²) < 4.78 is 5.29. The van der Waals surface area contributed by atoms with Crippen LogP contribution in [-0.4, -0.2) is 28.0 Å². The summed E-state index contributed by atoms with van der Waals surface area (Å²) in [6.45, 7) is 0.205. The first-order valence-corrected chi connectivity index (χ1v) is 9.48. The van der Waals surface area contributed by atoms with Crippen LogP contribution in [0.2, 0.25) is 5.02 Å². The van der Waals surface area contributed by atoms with Crippen molar-refractivity contribution in [3.63, 3.8) is 0 Å². The molecule has 29 heavy (non-hydrogen) atoms. The van der Waals surface area contributed by atoms with E-state index in [-0.39, 0.29) is 12.5 Å². The molecule has 0 atom stereocenters. The van der Waals surface area contributed by atoms with Crippen molar-refractivity contribution >= 4 is 17.5 Å². The van der Waals surface area contributed by atoms with E-state index in [0.717, 1.165) is 11.1 Å². The van der Waals surface area contributed by atoms with Gasteiger partial charge < -0.3 is 9.42 Å². The van der Waals surface area contributed by atoms with Gasteiger partial charge >= 0.3 is 0 Å². The van der Waals surface area contributed by atoms with Crippen molar-refractivity contribution in [2.45, 2.75) is 6.54 Å². The van der Waals surface area contributed by atoms with Gasteiger partial charge in [0.25, 0.3) is 5.91 Å². The van der Waals surface area contributed by atoms with Gasteiger partial charge in [-0.2, -0.15) is 4.98 Å². The molecule has 3 aromatic carbocycles. The topological polar surface area (TPSA) is 59.2 Å². The van der Waals surface area contributed by atoms with Gasteiger partial charge in [-0.25, -0.2) is 0 Å². The van der Waals surface area contributed by atoms with Gasteiger partial charge in [-0.05, 0) is 35.4 Å². The van der Waals surface area contributed by atoms with Crippen molar-refractivity contribution in [2.75, 3.05) is 7.05 Å². The molecular weight excluding hydrogens is 386 g/mol. The van der Waals surface area contributed by atoms with Crippen molar-refractivity contribution < 1.29 is 9.32 Å². The standard InChI is InChI=1S/C23H18ClN3O2/c1-27(15-21-25-22(26-29-21)19-9-5-6-10-20(19)24)23(28)18-13-11-17(12-14-18)16-7-3-2-4-8-16/h2-14H,15H2,1H3. The van der Waals surface area contributed by atoms with Crippen molar-refractivity contribution in [1.29, 1.82) is 0 Å². The van der Waals surface area contributed by atoms with E-state index in [0.29, 0.717) is 27.9 Å². The zero-order valence-corrected chi connectivity index (χ0v) is 16.5. The Bertz CT molecular complexity index is 1120. The summed E-state index contributed by atoms with van der Waals surface area (Å²) >= 11 is 6.18. The molecule has 6 heteroatoms. The first kappa shape index (κ1) is 18.9. The first-order valence-electron chi connectivity index (χ1n) is 9.10. The number of carbonyl (C=O) groups is 1. The molecule has 0 aliphatic rings. The quantitative estimate of drug-likeness (QED) is 0.452. The molecule has 1 aromatic heterocycles. The molecule has 1 amide bonds. The third kappa shape index (κ3) is 4.20. The van der Waals surface area contributed by atoms with E-state index < -0.39 is 0 Å². The molecule has 0 saturated heterocycles. The minimum absolute atomic E-state index is 0.123. The van der Waals surface area contributed by atoms with Gasteiger partial charge in [0.05, 0.1) is 11.6 Å². The highest BCUT2D eigenvalue weighted by Crippen LogP contribution is 2.25. The Morgan fingerprint density at radius 3 is 2.31 bits per heavy atom. The van der Waals surface area contributed by atoms with Crippen molar-refractivity contribution in [3.8, 4) is 22.5 Å². The number of nitrogens with zero attached hydrogens (tertiary/aromatic N) is 3. The third-order valence-corrected chi connectivity index (χ3v) is 4.87. The van der Waals surface area contributed by atoms with E-state index in [1.807, 2.05) is 72.8 Å². The summed E-state index contributed by atoms with van der Waals surface area (Å²) in [6.07, 6.45) is 0. The number of aromatic nitrogens is 2. The number of carbonyl (C=O) groups excluding carboxylic acids is 1. The fourth-order valence-corrected chi connectivity index (χ4v) is 3.22. The minimum atomic E-state index is -0.123. The van der Waals surface area contributed by atoms with Gasteiger partial charge in [0, 0.05) is 18.2 Å². The van der Waals surface area contributed by atoms with Crippen molar-refractivity contribution in [1.82, 2.24) is 15.0 Å². The lowest BCUT2D eigenvalue weighted by molar-refractivity contribution is 0.0769. The predicted octanol–water partition coefficient (Wildman–Crippen LogP) is 5.33. The second-order valence-electron chi connectivity index (χ2n) is 6.60. The molecule has 0 N–H and O–H groups in total. The molecular formula is C23H18ClN3O2. The fraction of sp³-hybridized carbons (Fsp3) is 0.0870. The van der Waals surface area contributed by atoms with E-state index >= 15 is 0 Å². The van der Waals surface area contributed by atoms with Crippen LogP contribution in [-0.2, 0) is 6.54 Å². The lowest BCUT2D eigenvalue weighted by atomic mass is 10.0. The zero-order chi connectivity index (χ0) is 20.2. The molecule has 4 rings (SSSR count). The first-order chi connectivity index (χ1) is 14.1. The molecule has 0 unspecified atom stereocenters. The number of amides is 1. The Kier molecular flexibility index (Phi) is 5.40. The highest BCUT2D eigenvalue weighted by molar-refractivity contribution is 6.33. The maximum Gasteiger partial charge on any atom is 0.254 e. The number of benzene rings is 3. The molecule has 0 saturated carbocycles. The molecule has 0 spiro atoms. The zero-order valence-electron chi connectivity index (χ0n) is 15.7. The normalized spacial score (nSPS) is 10.7. The highest BCUT2D eigenvalue weighted by Gasteiger charge is 2.17. The number of rotatable bonds is 5. The summed E-state index contributed by atoms with van der Waals surface area (Å²) in [6, 6.07) is 24.8. The predicted molar refractivity (Wildman–Crippen MR) is 112 cm³/mol. The Morgan fingerprint density at radius 2 is 1.59 bits per heavy atom. The van der Waals surface area contributed by atoms with E-state index in [1.165, 1.54) is 0 Å². The number of hydrogen-bond acceptors (Lipinski definition) is 4. The van der Waals surface area contributed by atoms with E-state index in [9.17, 15) is 4.79 Å². The Labute approximate surface area is 173 Å². The van der Waals surface area contributed by atoms with Crippen LogP contribution in [0.5, 0.6) is 0 Å². The maximum atomic E-state index is 12.7. The minimum Gasteiger partial charge on any atom is -0.337 e. The van der Waals surface area contributed by atoms with Crippen LogP contribution in [0.25, 0.3) is 22.5 Å². The molecule has 4 aromatic rings. The molecule has 144 valence electrons. The lowest BCUT2D eigenvalue weighted by Gasteiger charge is -2.15. The third-order valence-electron chi connectivity index (χ3n) is 4.54. The van der Waals surface area contributed by atoms with E-state index in [1.54, 1.807) is 18.0 Å². The van der Waals surface area contributed by atoms with Gasteiger partial charge in [0.1, 0.15) is 0 Å². The summed E-state index contributed by atoms with van der Waals surface area (Å²) in [5.74, 6) is 0.623. The van der Waals surface area contributed by atoms with Gasteiger partial charge in [0.15, 0.2) is 0 Å². The summed E-state index contributed by atoms with van der Waals surface area (Å²) in [7, 11) is 1.70. The number of halogens is 1. The molecule has 1 heterocycles. The van der Waals surface area contributed by atoms with E-state index in [4.69, 9.17) is 16.1 Å². The highest BCUT2D eigenvalue weighted by atomic mass is 35.5. The summed E-state index contributed by atoms with van der Waals surface area (Å²) in [5.41, 5.74) is 3.46. The lowest BCUT2D eigenvalue weighted by Crippen LogP contribution is -2.26. The largest absolute Gasteiger partial charge is 0.337 e. The maximum absolute atomic E-state index is 12.7. The van der Waals surface area contributed by atoms with Crippen LogP contribution < -0.4 is 0 Å². The SMILES string of the molecule is CN(Cc1nc(-c2ccccc2Cl)no1)C(=O)c1ccc(-c2ccccc2)cc1. The summed E-state index contributed by atoms with van der Waals surface area (Å²) in [5, 5.41) is 4.51. The van der Waals surface area contributed by atoms with Crippen LogP contribution >= 0.6 is 11.6 Å². The fourth-order valence-electron chi connectivity index (χ4n) is 3.00. The van der Waals surface area contributed by atoms with Gasteiger partial charge in [0.2, 0.25) is 11.7 Å². The molecule has 0 bridgehead atoms. The second kappa shape index (κ2) is 8.29. The molecule has 0 fully saturated rings. The molecule has 5 nitrogen and oxygen atoms in total. The van der Waals surface area contributed by atoms with Crippen molar-refractivity contribution in [2.24, 2.45) is 0 Å². The average molecular weight is 404 g/mol. The average Bonchev–Trinajstić information content (AvgIpc) is 3.22. The van der Waals surface area contributed by atoms with Crippen molar-refractivity contribution in [3.05, 3.63) is 95.3 Å². The van der Waals surface area contributed by atoms with E-state index in [2.05, 4.69) is 10.1 Å². The smallest absolute Gasteiger partial charge is 0.254 e. The Hall–Kier alpha value is -3.44. The van der Waals surface area contributed by atoms with Gasteiger partial charge in [-0.3, -0.25) is 4.79 Å². The molecule has 0 aliphatic heterocycles. The van der Waals surface area contributed by atoms with Crippen LogP contribution in [0.3, 0.4) is 0 Å². The monoisotopic (exact) mass is 403 g/mol. The van der Waals surface area contributed by atoms with Gasteiger partial charge in [-0.1, -0.05) is 71.4 Å². The number of hydrogen-bond donors (Lipinski definition) is 0. The molecule has 0 radical (unpaired) electrons. The van der Waals surface area contributed by atoms with Crippen LogP contribution in [0.15, 0.2) is 83.4 Å². The Morgan fingerprint density at radius 1 is 0.931 bits per heavy atom. The second-order valence-corrected chi connectivity index (χ2v) is 7.00. The summed E-state index contributed by atoms with van der Waals surface area (Å²) in [4.78, 5) is 18.6.